The highest BCUT2D eigenvalue weighted by Crippen LogP contribution is 2.27. The van der Waals surface area contributed by atoms with E-state index in [-0.39, 0.29) is 11.1 Å². The van der Waals surface area contributed by atoms with Gasteiger partial charge in [0.05, 0.1) is 0 Å². The maximum absolute atomic E-state index is 13.8. The Labute approximate surface area is 147 Å². The van der Waals surface area contributed by atoms with Gasteiger partial charge in [0.25, 0.3) is 0 Å². The van der Waals surface area contributed by atoms with E-state index in [2.05, 4.69) is 0 Å². The van der Waals surface area contributed by atoms with E-state index in [1.165, 1.54) is 26.0 Å². The van der Waals surface area contributed by atoms with Gasteiger partial charge in [0.1, 0.15) is 5.83 Å². The Morgan fingerprint density at radius 2 is 1.71 bits per heavy atom. The van der Waals surface area contributed by atoms with E-state index in [0.717, 1.165) is 27.3 Å². The molecule has 0 saturated heterocycles. The first kappa shape index (κ1) is 19.9. The smallest absolute Gasteiger partial charge is 0.331 e. The van der Waals surface area contributed by atoms with E-state index < -0.39 is 11.8 Å². The van der Waals surface area contributed by atoms with Crippen molar-refractivity contribution >= 4 is 23.6 Å². The van der Waals surface area contributed by atoms with Crippen LogP contribution in [0.2, 0.25) is 5.02 Å². The Balaban J connectivity index is 2.95. The summed E-state index contributed by atoms with van der Waals surface area (Å²) in [5.41, 5.74) is 4.33. The van der Waals surface area contributed by atoms with E-state index in [1.807, 2.05) is 32.9 Å². The molecule has 0 aliphatic heterocycles. The van der Waals surface area contributed by atoms with Crippen LogP contribution in [-0.4, -0.2) is 11.1 Å². The fraction of sp³-hybridized carbons (Fsp3) is 0.250. The van der Waals surface area contributed by atoms with Gasteiger partial charge in [0.2, 0.25) is 0 Å². The molecule has 0 amide bonds. The summed E-state index contributed by atoms with van der Waals surface area (Å²) in [5.74, 6) is -1.69. The standard InChI is InChI=1S/C20H22ClFO2/c1-12-11-13(2)19(21)16(5)17(12)9-7-6-8-10-18(22)14(3)15(4)20(23)24/h6-11H,1-5H3,(H,23,24). The molecule has 0 atom stereocenters. The summed E-state index contributed by atoms with van der Waals surface area (Å²) in [7, 11) is 0. The quantitative estimate of drug-likeness (QED) is 0.515. The van der Waals surface area contributed by atoms with Crippen LogP contribution in [0, 0.1) is 20.8 Å². The molecule has 0 spiro atoms. The number of halogens is 2. The summed E-state index contributed by atoms with van der Waals surface area (Å²) in [6.07, 6.45) is 8.19. The first-order valence-corrected chi connectivity index (χ1v) is 7.92. The maximum Gasteiger partial charge on any atom is 0.331 e. The number of hydrogen-bond acceptors (Lipinski definition) is 1. The van der Waals surface area contributed by atoms with E-state index >= 15 is 0 Å². The molecule has 24 heavy (non-hydrogen) atoms. The van der Waals surface area contributed by atoms with Crippen LogP contribution in [0.5, 0.6) is 0 Å². The second-order valence-electron chi connectivity index (χ2n) is 5.68. The molecule has 0 unspecified atom stereocenters. The van der Waals surface area contributed by atoms with Crippen molar-refractivity contribution in [3.05, 3.63) is 74.6 Å². The van der Waals surface area contributed by atoms with Crippen molar-refractivity contribution in [2.45, 2.75) is 34.6 Å². The van der Waals surface area contributed by atoms with Gasteiger partial charge in [-0.15, -0.1) is 0 Å². The van der Waals surface area contributed by atoms with Crippen molar-refractivity contribution in [1.82, 2.24) is 0 Å². The third-order valence-electron chi connectivity index (χ3n) is 3.91. The minimum absolute atomic E-state index is 0.00626. The molecule has 128 valence electrons. The predicted octanol–water partition coefficient (Wildman–Crippen LogP) is 6.11. The number of carboxylic acids is 1. The van der Waals surface area contributed by atoms with Crippen molar-refractivity contribution in [2.75, 3.05) is 0 Å². The van der Waals surface area contributed by atoms with Gasteiger partial charge in [0.15, 0.2) is 0 Å². The molecule has 0 aliphatic rings. The van der Waals surface area contributed by atoms with Crippen molar-refractivity contribution in [3.63, 3.8) is 0 Å². The van der Waals surface area contributed by atoms with Crippen LogP contribution in [0.25, 0.3) is 6.08 Å². The molecular formula is C20H22ClFO2. The first-order chi connectivity index (χ1) is 11.2. The number of allylic oxidation sites excluding steroid dienone is 6. The molecule has 0 fully saturated rings. The second-order valence-corrected chi connectivity index (χ2v) is 6.05. The molecule has 2 nitrogen and oxygen atoms in total. The zero-order valence-electron chi connectivity index (χ0n) is 14.6. The van der Waals surface area contributed by atoms with Gasteiger partial charge >= 0.3 is 5.97 Å². The normalized spacial score (nSPS) is 13.7. The van der Waals surface area contributed by atoms with E-state index in [0.29, 0.717) is 0 Å². The molecule has 0 bridgehead atoms. The molecule has 0 heterocycles. The minimum Gasteiger partial charge on any atom is -0.478 e. The second kappa shape index (κ2) is 8.65. The van der Waals surface area contributed by atoms with Gasteiger partial charge in [-0.2, -0.15) is 0 Å². The number of rotatable bonds is 5. The van der Waals surface area contributed by atoms with Gasteiger partial charge in [-0.3, -0.25) is 0 Å². The lowest BCUT2D eigenvalue weighted by atomic mass is 9.99. The van der Waals surface area contributed by atoms with Gasteiger partial charge < -0.3 is 5.11 Å². The molecule has 1 rings (SSSR count). The Morgan fingerprint density at radius 3 is 2.29 bits per heavy atom. The van der Waals surface area contributed by atoms with Crippen LogP contribution in [-0.2, 0) is 4.79 Å². The van der Waals surface area contributed by atoms with Crippen LogP contribution >= 0.6 is 11.6 Å². The van der Waals surface area contributed by atoms with E-state index in [1.54, 1.807) is 12.2 Å². The third kappa shape index (κ3) is 4.93. The lowest BCUT2D eigenvalue weighted by Crippen LogP contribution is -1.99. The first-order valence-electron chi connectivity index (χ1n) is 7.54. The summed E-state index contributed by atoms with van der Waals surface area (Å²) >= 11 is 6.26. The monoisotopic (exact) mass is 348 g/mol. The third-order valence-corrected chi connectivity index (χ3v) is 4.49. The average molecular weight is 349 g/mol. The number of benzene rings is 1. The predicted molar refractivity (Wildman–Crippen MR) is 99.0 cm³/mol. The topological polar surface area (TPSA) is 37.3 Å². The van der Waals surface area contributed by atoms with Crippen LogP contribution in [0.3, 0.4) is 0 Å². The molecule has 0 aromatic heterocycles. The largest absolute Gasteiger partial charge is 0.478 e. The van der Waals surface area contributed by atoms with Gasteiger partial charge in [-0.25, -0.2) is 9.18 Å². The van der Waals surface area contributed by atoms with Crippen LogP contribution in [0.1, 0.15) is 36.1 Å². The van der Waals surface area contributed by atoms with Crippen molar-refractivity contribution < 1.29 is 14.3 Å². The maximum atomic E-state index is 13.8. The highest BCUT2D eigenvalue weighted by molar-refractivity contribution is 6.32. The molecule has 4 heteroatoms. The summed E-state index contributed by atoms with van der Waals surface area (Å²) in [4.78, 5) is 10.8. The van der Waals surface area contributed by atoms with Gasteiger partial charge in [-0.1, -0.05) is 42.0 Å². The van der Waals surface area contributed by atoms with E-state index in [4.69, 9.17) is 16.7 Å². The number of aryl methyl sites for hydroxylation is 2. The Bertz CT molecular complexity index is 768. The van der Waals surface area contributed by atoms with Crippen molar-refractivity contribution in [3.8, 4) is 0 Å². The molecular weight excluding hydrogens is 327 g/mol. The SMILES string of the molecule is CC(C(=O)O)=C(C)C(F)=CC=CC=Cc1c(C)cc(C)c(Cl)c1C. The molecule has 1 N–H and O–H groups in total. The number of hydrogen-bond donors (Lipinski definition) is 1. The number of carbonyl (C=O) groups is 1. The molecule has 1 aromatic rings. The number of aliphatic carboxylic acids is 1. The molecule has 1 aromatic carbocycles. The molecule has 0 saturated carbocycles. The van der Waals surface area contributed by atoms with Crippen LogP contribution in [0.15, 0.2) is 47.3 Å². The van der Waals surface area contributed by atoms with Crippen molar-refractivity contribution in [2.24, 2.45) is 0 Å². The fourth-order valence-corrected chi connectivity index (χ4v) is 2.41. The molecule has 0 radical (unpaired) electrons. The summed E-state index contributed by atoms with van der Waals surface area (Å²) in [5, 5.41) is 9.59. The zero-order chi connectivity index (χ0) is 18.4. The van der Waals surface area contributed by atoms with Crippen LogP contribution < -0.4 is 0 Å². The lowest BCUT2D eigenvalue weighted by Gasteiger charge is -2.10. The minimum atomic E-state index is -1.12. The Morgan fingerprint density at radius 1 is 1.08 bits per heavy atom. The lowest BCUT2D eigenvalue weighted by molar-refractivity contribution is -0.132. The van der Waals surface area contributed by atoms with Gasteiger partial charge in [0, 0.05) is 10.6 Å². The Kier molecular flexibility index (Phi) is 7.18. The average Bonchev–Trinajstić information content (AvgIpc) is 2.53. The van der Waals surface area contributed by atoms with Crippen molar-refractivity contribution in [1.29, 1.82) is 0 Å². The highest BCUT2D eigenvalue weighted by atomic mass is 35.5. The Hall–Kier alpha value is -2.13. The molecule has 0 aliphatic carbocycles. The summed E-state index contributed by atoms with van der Waals surface area (Å²) < 4.78 is 13.8. The summed E-state index contributed by atoms with van der Waals surface area (Å²) in [6, 6.07) is 2.03. The zero-order valence-corrected chi connectivity index (χ0v) is 15.3. The highest BCUT2D eigenvalue weighted by Gasteiger charge is 2.08. The van der Waals surface area contributed by atoms with Gasteiger partial charge in [-0.05, 0) is 68.5 Å². The fourth-order valence-electron chi connectivity index (χ4n) is 2.25. The summed E-state index contributed by atoms with van der Waals surface area (Å²) in [6.45, 7) is 8.77. The number of carboxylic acid groups (broad SMARTS) is 1. The van der Waals surface area contributed by atoms with Crippen LogP contribution in [0.4, 0.5) is 4.39 Å². The van der Waals surface area contributed by atoms with E-state index in [9.17, 15) is 9.18 Å².